The van der Waals surface area contributed by atoms with Gasteiger partial charge in [-0.1, -0.05) is 0 Å². The minimum Gasteiger partial charge on any atom is -0.356 e. The lowest BCUT2D eigenvalue weighted by atomic mass is 9.79. The number of hydrogen-bond donors (Lipinski definition) is 3. The van der Waals surface area contributed by atoms with Gasteiger partial charge in [-0.3, -0.25) is 15.1 Å². The smallest absolute Gasteiger partial charge is 0.322 e. The molecule has 7 nitrogen and oxygen atoms in total. The number of carbonyl (C=O) groups is 2. The van der Waals surface area contributed by atoms with E-state index in [9.17, 15) is 9.59 Å². The fraction of sp³-hybridized carbons (Fsp3) is 0.824. The molecule has 148 valence electrons. The van der Waals surface area contributed by atoms with Gasteiger partial charge in [-0.2, -0.15) is 11.8 Å². The molecule has 3 aliphatic rings. The van der Waals surface area contributed by atoms with E-state index in [2.05, 4.69) is 25.8 Å². The van der Waals surface area contributed by atoms with Crippen molar-refractivity contribution in [1.82, 2.24) is 20.9 Å². The first kappa shape index (κ1) is 21.6. The SMILES string of the molecule is CN=C(NCC1CCSCC1)N1CCC(C2(C)NC(=O)NC2=O)CC1.I. The summed E-state index contributed by atoms with van der Waals surface area (Å²) < 4.78 is 0. The van der Waals surface area contributed by atoms with Gasteiger partial charge in [-0.25, -0.2) is 4.79 Å². The first-order valence-corrected chi connectivity index (χ1v) is 10.4. The van der Waals surface area contributed by atoms with Crippen LogP contribution in [0.3, 0.4) is 0 Å². The number of carbonyl (C=O) groups excluding carboxylic acids is 2. The zero-order valence-corrected chi connectivity index (χ0v) is 18.7. The first-order valence-electron chi connectivity index (χ1n) is 9.20. The topological polar surface area (TPSA) is 85.8 Å². The predicted molar refractivity (Wildman–Crippen MR) is 116 cm³/mol. The molecule has 0 radical (unpaired) electrons. The monoisotopic (exact) mass is 495 g/mol. The van der Waals surface area contributed by atoms with Crippen LogP contribution in [0.15, 0.2) is 4.99 Å². The van der Waals surface area contributed by atoms with E-state index in [0.29, 0.717) is 0 Å². The normalized spacial score (nSPS) is 28.4. The second-order valence-electron chi connectivity index (χ2n) is 7.36. The van der Waals surface area contributed by atoms with E-state index in [1.165, 1.54) is 24.3 Å². The number of nitrogens with one attached hydrogen (secondary N) is 3. The lowest BCUT2D eigenvalue weighted by molar-refractivity contribution is -0.125. The number of imide groups is 1. The number of thioether (sulfide) groups is 1. The zero-order valence-electron chi connectivity index (χ0n) is 15.5. The second kappa shape index (κ2) is 9.48. The van der Waals surface area contributed by atoms with E-state index >= 15 is 0 Å². The van der Waals surface area contributed by atoms with Gasteiger partial charge in [0.25, 0.3) is 5.91 Å². The molecule has 0 spiro atoms. The summed E-state index contributed by atoms with van der Waals surface area (Å²) in [4.78, 5) is 30.3. The molecular formula is C17H30IN5O2S. The Kier molecular flexibility index (Phi) is 7.87. The summed E-state index contributed by atoms with van der Waals surface area (Å²) in [6.45, 7) is 4.53. The van der Waals surface area contributed by atoms with Gasteiger partial charge in [0, 0.05) is 26.7 Å². The molecule has 1 atom stereocenters. The lowest BCUT2D eigenvalue weighted by Crippen LogP contribution is -2.55. The van der Waals surface area contributed by atoms with Crippen molar-refractivity contribution >= 4 is 53.6 Å². The van der Waals surface area contributed by atoms with Crippen molar-refractivity contribution in [3.05, 3.63) is 0 Å². The number of guanidine groups is 1. The van der Waals surface area contributed by atoms with Gasteiger partial charge in [-0.15, -0.1) is 24.0 Å². The van der Waals surface area contributed by atoms with Crippen molar-refractivity contribution in [2.45, 2.75) is 38.1 Å². The number of nitrogens with zero attached hydrogens (tertiary/aromatic N) is 2. The number of amides is 3. The summed E-state index contributed by atoms with van der Waals surface area (Å²) in [7, 11) is 1.83. The van der Waals surface area contributed by atoms with Crippen LogP contribution in [0.4, 0.5) is 4.79 Å². The van der Waals surface area contributed by atoms with Gasteiger partial charge in [0.15, 0.2) is 5.96 Å². The summed E-state index contributed by atoms with van der Waals surface area (Å²) in [5, 5.41) is 8.71. The lowest BCUT2D eigenvalue weighted by Gasteiger charge is -2.40. The van der Waals surface area contributed by atoms with Gasteiger partial charge < -0.3 is 15.5 Å². The highest BCUT2D eigenvalue weighted by atomic mass is 127. The Bertz CT molecular complexity index is 547. The van der Waals surface area contributed by atoms with Crippen molar-refractivity contribution in [1.29, 1.82) is 0 Å². The number of rotatable bonds is 3. The van der Waals surface area contributed by atoms with Crippen molar-refractivity contribution in [2.75, 3.05) is 38.2 Å². The van der Waals surface area contributed by atoms with Crippen LogP contribution >= 0.6 is 35.7 Å². The highest BCUT2D eigenvalue weighted by Crippen LogP contribution is 2.30. The molecule has 3 saturated heterocycles. The summed E-state index contributed by atoms with van der Waals surface area (Å²) in [5.41, 5.74) is -0.778. The van der Waals surface area contributed by atoms with Gasteiger partial charge in [-0.05, 0) is 55.9 Å². The minimum absolute atomic E-state index is 0. The Morgan fingerprint density at radius 3 is 2.46 bits per heavy atom. The Morgan fingerprint density at radius 1 is 1.27 bits per heavy atom. The van der Waals surface area contributed by atoms with E-state index in [-0.39, 0.29) is 41.8 Å². The third kappa shape index (κ3) is 4.76. The van der Waals surface area contributed by atoms with Gasteiger partial charge in [0.1, 0.15) is 5.54 Å². The van der Waals surface area contributed by atoms with Gasteiger partial charge in [0.2, 0.25) is 0 Å². The van der Waals surface area contributed by atoms with Crippen molar-refractivity contribution < 1.29 is 9.59 Å². The standard InChI is InChI=1S/C17H29N5O2S.HI/c1-17(14(23)20-16(24)21-17)13-3-7-22(8-4-13)15(18-2)19-11-12-5-9-25-10-6-12;/h12-13H,3-11H2,1-2H3,(H,18,19)(H2,20,21,23,24);1H. The molecule has 3 amide bonds. The van der Waals surface area contributed by atoms with Crippen LogP contribution in [0.5, 0.6) is 0 Å². The zero-order chi connectivity index (χ0) is 17.9. The number of urea groups is 1. The highest BCUT2D eigenvalue weighted by Gasteiger charge is 2.48. The molecule has 0 aliphatic carbocycles. The van der Waals surface area contributed by atoms with Gasteiger partial charge in [0.05, 0.1) is 0 Å². The number of aliphatic imine (C=N–C) groups is 1. The first-order chi connectivity index (χ1) is 12.0. The third-order valence-electron chi connectivity index (χ3n) is 5.78. The van der Waals surface area contributed by atoms with Crippen LogP contribution in [0, 0.1) is 11.8 Å². The molecule has 1 unspecified atom stereocenters. The largest absolute Gasteiger partial charge is 0.356 e. The van der Waals surface area contributed by atoms with Crippen LogP contribution in [0.2, 0.25) is 0 Å². The van der Waals surface area contributed by atoms with Crippen LogP contribution < -0.4 is 16.0 Å². The molecule has 0 aromatic carbocycles. The van der Waals surface area contributed by atoms with Crippen molar-refractivity contribution in [2.24, 2.45) is 16.8 Å². The Labute approximate surface area is 176 Å². The molecule has 0 saturated carbocycles. The van der Waals surface area contributed by atoms with E-state index in [4.69, 9.17) is 0 Å². The minimum atomic E-state index is -0.778. The maximum Gasteiger partial charge on any atom is 0.322 e. The molecule has 0 bridgehead atoms. The molecule has 9 heteroatoms. The van der Waals surface area contributed by atoms with E-state index < -0.39 is 5.54 Å². The molecule has 3 fully saturated rings. The van der Waals surface area contributed by atoms with E-state index in [1.807, 2.05) is 25.7 Å². The number of likely N-dealkylation sites (tertiary alicyclic amines) is 1. The Morgan fingerprint density at radius 2 is 1.92 bits per heavy atom. The van der Waals surface area contributed by atoms with E-state index in [0.717, 1.165) is 44.4 Å². The molecular weight excluding hydrogens is 465 g/mol. The molecule has 3 N–H and O–H groups in total. The second-order valence-corrected chi connectivity index (χ2v) is 8.58. The van der Waals surface area contributed by atoms with Crippen LogP contribution in [0.25, 0.3) is 0 Å². The summed E-state index contributed by atoms with van der Waals surface area (Å²) in [5.74, 6) is 4.19. The number of piperidine rings is 1. The van der Waals surface area contributed by atoms with Crippen LogP contribution in [0.1, 0.15) is 32.6 Å². The maximum absolute atomic E-state index is 12.1. The average Bonchev–Trinajstić information content (AvgIpc) is 2.90. The maximum atomic E-state index is 12.1. The molecule has 3 heterocycles. The van der Waals surface area contributed by atoms with Crippen LogP contribution in [-0.2, 0) is 4.79 Å². The Hall–Kier alpha value is -0.710. The quantitative estimate of drug-likeness (QED) is 0.240. The number of hydrogen-bond acceptors (Lipinski definition) is 4. The van der Waals surface area contributed by atoms with Crippen LogP contribution in [-0.4, -0.2) is 66.5 Å². The predicted octanol–water partition coefficient (Wildman–Crippen LogP) is 1.63. The summed E-state index contributed by atoms with van der Waals surface area (Å²) >= 11 is 2.05. The summed E-state index contributed by atoms with van der Waals surface area (Å²) in [6, 6.07) is -0.377. The average molecular weight is 495 g/mol. The molecule has 3 rings (SSSR count). The molecule has 0 aromatic rings. The molecule has 26 heavy (non-hydrogen) atoms. The fourth-order valence-electron chi connectivity index (χ4n) is 4.03. The summed E-state index contributed by atoms with van der Waals surface area (Å²) in [6.07, 6.45) is 4.30. The highest BCUT2D eigenvalue weighted by molar-refractivity contribution is 14.0. The molecule has 3 aliphatic heterocycles. The van der Waals surface area contributed by atoms with Gasteiger partial charge >= 0.3 is 6.03 Å². The fourth-order valence-corrected chi connectivity index (χ4v) is 5.24. The van der Waals surface area contributed by atoms with E-state index in [1.54, 1.807) is 0 Å². The Balaban J connectivity index is 0.00000243. The number of halogens is 1. The molecule has 0 aromatic heterocycles. The van der Waals surface area contributed by atoms with Crippen molar-refractivity contribution in [3.63, 3.8) is 0 Å². The third-order valence-corrected chi connectivity index (χ3v) is 6.83. The van der Waals surface area contributed by atoms with Crippen molar-refractivity contribution in [3.8, 4) is 0 Å².